The summed E-state index contributed by atoms with van der Waals surface area (Å²) in [5, 5.41) is 3.31. The number of carbonyl (C=O) groups excluding carboxylic acids is 1. The zero-order valence-electron chi connectivity index (χ0n) is 11.0. The topological polar surface area (TPSA) is 41.6 Å². The van der Waals surface area contributed by atoms with Crippen molar-refractivity contribution < 1.29 is 9.53 Å². The highest BCUT2D eigenvalue weighted by Gasteiger charge is 2.29. The summed E-state index contributed by atoms with van der Waals surface area (Å²) in [5.74, 6) is 0.296. The van der Waals surface area contributed by atoms with Crippen LogP contribution in [0.1, 0.15) is 33.1 Å². The largest absolute Gasteiger partial charge is 0.374 e. The molecule has 2 saturated heterocycles. The molecule has 0 bridgehead atoms. The Morgan fingerprint density at radius 1 is 1.47 bits per heavy atom. The normalized spacial score (nSPS) is 30.1. The lowest BCUT2D eigenvalue weighted by atomic mass is 9.85. The lowest BCUT2D eigenvalue weighted by molar-refractivity contribution is -0.133. The van der Waals surface area contributed by atoms with Gasteiger partial charge in [0, 0.05) is 32.6 Å². The number of amides is 1. The molecule has 1 unspecified atom stereocenters. The molecule has 0 spiro atoms. The van der Waals surface area contributed by atoms with E-state index in [1.807, 2.05) is 4.90 Å². The van der Waals surface area contributed by atoms with Crippen LogP contribution in [-0.4, -0.2) is 49.7 Å². The average Bonchev–Trinajstić information content (AvgIpc) is 2.44. The van der Waals surface area contributed by atoms with Crippen LogP contribution in [0.25, 0.3) is 0 Å². The predicted octanol–water partition coefficient (Wildman–Crippen LogP) is 1.01. The Balaban J connectivity index is 1.88. The summed E-state index contributed by atoms with van der Waals surface area (Å²) in [6, 6.07) is 0. The Hall–Kier alpha value is -0.610. The van der Waals surface area contributed by atoms with Crippen molar-refractivity contribution in [3.63, 3.8) is 0 Å². The van der Waals surface area contributed by atoms with Gasteiger partial charge in [0.05, 0.1) is 12.7 Å². The van der Waals surface area contributed by atoms with Gasteiger partial charge in [-0.1, -0.05) is 13.8 Å². The quantitative estimate of drug-likeness (QED) is 0.783. The molecule has 98 valence electrons. The summed E-state index contributed by atoms with van der Waals surface area (Å²) in [6.45, 7) is 8.70. The van der Waals surface area contributed by atoms with E-state index in [0.29, 0.717) is 17.7 Å². The van der Waals surface area contributed by atoms with E-state index in [1.165, 1.54) is 0 Å². The Kier molecular flexibility index (Phi) is 4.05. The lowest BCUT2D eigenvalue weighted by Gasteiger charge is -2.30. The Morgan fingerprint density at radius 2 is 2.29 bits per heavy atom. The number of hydrogen-bond donors (Lipinski definition) is 1. The van der Waals surface area contributed by atoms with E-state index in [-0.39, 0.29) is 6.10 Å². The molecular weight excluding hydrogens is 216 g/mol. The fraction of sp³-hybridized carbons (Fsp3) is 0.923. The van der Waals surface area contributed by atoms with Crippen LogP contribution >= 0.6 is 0 Å². The van der Waals surface area contributed by atoms with Crippen molar-refractivity contribution in [1.82, 2.24) is 10.2 Å². The molecule has 0 aliphatic carbocycles. The van der Waals surface area contributed by atoms with E-state index < -0.39 is 0 Å². The average molecular weight is 240 g/mol. The summed E-state index contributed by atoms with van der Waals surface area (Å²) in [4.78, 5) is 14.0. The molecule has 1 amide bonds. The maximum atomic E-state index is 12.0. The first-order valence-corrected chi connectivity index (χ1v) is 6.67. The predicted molar refractivity (Wildman–Crippen MR) is 66.8 cm³/mol. The van der Waals surface area contributed by atoms with Crippen LogP contribution in [0.15, 0.2) is 0 Å². The molecule has 1 N–H and O–H groups in total. The Bertz CT molecular complexity index is 273. The maximum absolute atomic E-state index is 12.0. The van der Waals surface area contributed by atoms with E-state index in [2.05, 4.69) is 19.2 Å². The molecule has 0 aromatic heterocycles. The second-order valence-electron chi connectivity index (χ2n) is 5.95. The third-order valence-electron chi connectivity index (χ3n) is 3.86. The van der Waals surface area contributed by atoms with Gasteiger partial charge in [-0.05, 0) is 18.3 Å². The molecule has 2 aliphatic rings. The van der Waals surface area contributed by atoms with Crippen LogP contribution in [0.5, 0.6) is 0 Å². The minimum atomic E-state index is 0.175. The first kappa shape index (κ1) is 12.8. The minimum Gasteiger partial charge on any atom is -0.374 e. The first-order valence-electron chi connectivity index (χ1n) is 6.67. The number of ether oxygens (including phenoxy) is 1. The van der Waals surface area contributed by atoms with Gasteiger partial charge in [-0.25, -0.2) is 0 Å². The summed E-state index contributed by atoms with van der Waals surface area (Å²) >= 11 is 0. The van der Waals surface area contributed by atoms with Crippen molar-refractivity contribution in [2.24, 2.45) is 5.41 Å². The second kappa shape index (κ2) is 5.36. The fourth-order valence-electron chi connectivity index (χ4n) is 2.47. The van der Waals surface area contributed by atoms with Gasteiger partial charge in [0.1, 0.15) is 0 Å². The number of hydrogen-bond acceptors (Lipinski definition) is 3. The summed E-state index contributed by atoms with van der Waals surface area (Å²) in [7, 11) is 0. The zero-order valence-corrected chi connectivity index (χ0v) is 11.0. The van der Waals surface area contributed by atoms with Gasteiger partial charge in [-0.2, -0.15) is 0 Å². The van der Waals surface area contributed by atoms with Crippen LogP contribution in [0.4, 0.5) is 0 Å². The van der Waals surface area contributed by atoms with Crippen molar-refractivity contribution in [3.05, 3.63) is 0 Å². The van der Waals surface area contributed by atoms with Crippen LogP contribution in [-0.2, 0) is 9.53 Å². The molecular formula is C13H24N2O2. The summed E-state index contributed by atoms with van der Waals surface area (Å²) in [5.41, 5.74) is 0.302. The highest BCUT2D eigenvalue weighted by atomic mass is 16.5. The van der Waals surface area contributed by atoms with E-state index in [1.54, 1.807) is 0 Å². The number of likely N-dealkylation sites (tertiary alicyclic amines) is 1. The fourth-order valence-corrected chi connectivity index (χ4v) is 2.47. The monoisotopic (exact) mass is 240 g/mol. The van der Waals surface area contributed by atoms with Crippen molar-refractivity contribution >= 4 is 5.91 Å². The molecule has 0 saturated carbocycles. The smallest absolute Gasteiger partial charge is 0.222 e. The molecule has 4 heteroatoms. The molecule has 17 heavy (non-hydrogen) atoms. The SMILES string of the molecule is CC1(C)CCC(=O)N(CC2CNCCO2)CC1. The highest BCUT2D eigenvalue weighted by molar-refractivity contribution is 5.76. The standard InChI is InChI=1S/C13H24N2O2/c1-13(2)4-3-12(16)15(7-5-13)10-11-9-14-6-8-17-11/h11,14H,3-10H2,1-2H3. The van der Waals surface area contributed by atoms with E-state index in [0.717, 1.165) is 45.6 Å². The number of rotatable bonds is 2. The molecule has 2 fully saturated rings. The maximum Gasteiger partial charge on any atom is 0.222 e. The van der Waals surface area contributed by atoms with Gasteiger partial charge < -0.3 is 15.0 Å². The van der Waals surface area contributed by atoms with E-state index >= 15 is 0 Å². The number of nitrogens with one attached hydrogen (secondary N) is 1. The lowest BCUT2D eigenvalue weighted by Crippen LogP contribution is -2.46. The third kappa shape index (κ3) is 3.68. The van der Waals surface area contributed by atoms with Crippen molar-refractivity contribution in [1.29, 1.82) is 0 Å². The first-order chi connectivity index (χ1) is 8.07. The van der Waals surface area contributed by atoms with Gasteiger partial charge >= 0.3 is 0 Å². The molecule has 2 aliphatic heterocycles. The summed E-state index contributed by atoms with van der Waals surface area (Å²) < 4.78 is 5.67. The Morgan fingerprint density at radius 3 is 3.00 bits per heavy atom. The number of carbonyl (C=O) groups is 1. The van der Waals surface area contributed by atoms with Gasteiger partial charge in [-0.3, -0.25) is 4.79 Å². The van der Waals surface area contributed by atoms with Crippen LogP contribution in [0.2, 0.25) is 0 Å². The molecule has 0 radical (unpaired) electrons. The van der Waals surface area contributed by atoms with E-state index in [4.69, 9.17) is 4.74 Å². The number of nitrogens with zero attached hydrogens (tertiary/aromatic N) is 1. The number of morpholine rings is 1. The van der Waals surface area contributed by atoms with Crippen LogP contribution < -0.4 is 5.32 Å². The van der Waals surface area contributed by atoms with Gasteiger partial charge in [0.2, 0.25) is 5.91 Å². The minimum absolute atomic E-state index is 0.175. The highest BCUT2D eigenvalue weighted by Crippen LogP contribution is 2.30. The Labute approximate surface area is 104 Å². The van der Waals surface area contributed by atoms with Crippen molar-refractivity contribution in [2.75, 3.05) is 32.8 Å². The zero-order chi connectivity index (χ0) is 12.3. The van der Waals surface area contributed by atoms with Crippen molar-refractivity contribution in [3.8, 4) is 0 Å². The van der Waals surface area contributed by atoms with Gasteiger partial charge in [0.25, 0.3) is 0 Å². The van der Waals surface area contributed by atoms with E-state index in [9.17, 15) is 4.79 Å². The molecule has 0 aromatic rings. The van der Waals surface area contributed by atoms with Crippen molar-refractivity contribution in [2.45, 2.75) is 39.2 Å². The van der Waals surface area contributed by atoms with Gasteiger partial charge in [0.15, 0.2) is 0 Å². The molecule has 2 rings (SSSR count). The summed E-state index contributed by atoms with van der Waals surface area (Å²) in [6.07, 6.45) is 2.96. The molecule has 4 nitrogen and oxygen atoms in total. The molecule has 2 heterocycles. The van der Waals surface area contributed by atoms with Crippen LogP contribution in [0, 0.1) is 5.41 Å². The molecule has 0 aromatic carbocycles. The van der Waals surface area contributed by atoms with Crippen LogP contribution in [0.3, 0.4) is 0 Å². The third-order valence-corrected chi connectivity index (χ3v) is 3.86. The second-order valence-corrected chi connectivity index (χ2v) is 5.95. The molecule has 1 atom stereocenters. The van der Waals surface area contributed by atoms with Gasteiger partial charge in [-0.15, -0.1) is 0 Å².